The van der Waals surface area contributed by atoms with Gasteiger partial charge in [0.2, 0.25) is 5.91 Å². The van der Waals surface area contributed by atoms with Crippen molar-refractivity contribution in [1.82, 2.24) is 10.2 Å². The van der Waals surface area contributed by atoms with Crippen molar-refractivity contribution >= 4 is 23.4 Å². The van der Waals surface area contributed by atoms with Crippen LogP contribution in [0.2, 0.25) is 5.02 Å². The van der Waals surface area contributed by atoms with Gasteiger partial charge < -0.3 is 15.0 Å². The van der Waals surface area contributed by atoms with Gasteiger partial charge in [0.1, 0.15) is 17.6 Å². The van der Waals surface area contributed by atoms with Gasteiger partial charge in [-0.25, -0.2) is 4.39 Å². The zero-order chi connectivity index (χ0) is 27.5. The van der Waals surface area contributed by atoms with Gasteiger partial charge in [-0.1, -0.05) is 77.8 Å². The number of amides is 2. The highest BCUT2D eigenvalue weighted by Gasteiger charge is 2.30. The minimum Gasteiger partial charge on any atom is -0.482 e. The first kappa shape index (κ1) is 28.4. The number of ether oxygens (including phenoxy) is 1. The van der Waals surface area contributed by atoms with E-state index in [9.17, 15) is 14.0 Å². The average Bonchev–Trinajstić information content (AvgIpc) is 2.96. The largest absolute Gasteiger partial charge is 0.482 e. The summed E-state index contributed by atoms with van der Waals surface area (Å²) in [6.07, 6.45) is 7.95. The molecule has 0 spiro atoms. The Hall–Kier alpha value is -3.64. The fraction of sp³-hybridized carbons (Fsp3) is 0.312. The maximum Gasteiger partial charge on any atom is 0.261 e. The van der Waals surface area contributed by atoms with Crippen LogP contribution in [-0.2, 0) is 22.6 Å². The standard InChI is InChI=1S/C32H34ClFN2O3/c33-28-13-7-8-14-30(28)39-23-31(37)36(22-26-15-17-27(34)18-16-26)29(21-25-11-5-2-6-12-25)32(38)35-20-19-24-9-3-1-4-10-24/h2,5-9,11-18,29H,1,3-4,10,19-23H2,(H,35,38). The van der Waals surface area contributed by atoms with Gasteiger partial charge in [0.05, 0.1) is 5.02 Å². The predicted octanol–water partition coefficient (Wildman–Crippen LogP) is 6.50. The van der Waals surface area contributed by atoms with Gasteiger partial charge in [-0.15, -0.1) is 0 Å². The Bertz CT molecular complexity index is 1260. The Labute approximate surface area is 234 Å². The Morgan fingerprint density at radius 3 is 2.41 bits per heavy atom. The van der Waals surface area contributed by atoms with Crippen molar-refractivity contribution in [1.29, 1.82) is 0 Å². The molecule has 0 bridgehead atoms. The Morgan fingerprint density at radius 2 is 1.69 bits per heavy atom. The second-order valence-corrected chi connectivity index (χ2v) is 10.1. The summed E-state index contributed by atoms with van der Waals surface area (Å²) in [4.78, 5) is 28.8. The molecule has 4 rings (SSSR count). The fourth-order valence-electron chi connectivity index (χ4n) is 4.72. The lowest BCUT2D eigenvalue weighted by Crippen LogP contribution is -2.51. The number of nitrogens with one attached hydrogen (secondary N) is 1. The zero-order valence-corrected chi connectivity index (χ0v) is 22.7. The molecule has 3 aromatic carbocycles. The third kappa shape index (κ3) is 8.69. The second-order valence-electron chi connectivity index (χ2n) is 9.72. The number of hydrogen-bond donors (Lipinski definition) is 1. The van der Waals surface area contributed by atoms with Crippen molar-refractivity contribution in [2.75, 3.05) is 13.2 Å². The molecule has 2 amide bonds. The molecule has 1 aliphatic rings. The molecule has 3 aromatic rings. The van der Waals surface area contributed by atoms with E-state index in [-0.39, 0.29) is 30.8 Å². The normalized spacial score (nSPS) is 13.7. The van der Waals surface area contributed by atoms with Gasteiger partial charge in [-0.05, 0) is 67.5 Å². The molecule has 5 nitrogen and oxygen atoms in total. The number of para-hydroxylation sites is 1. The van der Waals surface area contributed by atoms with E-state index in [0.29, 0.717) is 29.3 Å². The number of benzene rings is 3. The summed E-state index contributed by atoms with van der Waals surface area (Å²) in [5, 5.41) is 3.46. The van der Waals surface area contributed by atoms with Crippen molar-refractivity contribution in [3.05, 3.63) is 112 Å². The van der Waals surface area contributed by atoms with E-state index >= 15 is 0 Å². The first-order valence-electron chi connectivity index (χ1n) is 13.4. The van der Waals surface area contributed by atoms with Gasteiger partial charge in [0.25, 0.3) is 5.91 Å². The van der Waals surface area contributed by atoms with Gasteiger partial charge in [-0.3, -0.25) is 9.59 Å². The minimum atomic E-state index is -0.792. The van der Waals surface area contributed by atoms with Crippen LogP contribution >= 0.6 is 11.6 Å². The van der Waals surface area contributed by atoms with Crippen LogP contribution in [0.3, 0.4) is 0 Å². The molecular formula is C32H34ClFN2O3. The highest BCUT2D eigenvalue weighted by atomic mass is 35.5. The first-order valence-corrected chi connectivity index (χ1v) is 13.8. The van der Waals surface area contributed by atoms with E-state index in [4.69, 9.17) is 16.3 Å². The van der Waals surface area contributed by atoms with Crippen molar-refractivity contribution in [3.63, 3.8) is 0 Å². The fourth-order valence-corrected chi connectivity index (χ4v) is 4.91. The molecule has 0 fully saturated rings. The van der Waals surface area contributed by atoms with E-state index in [1.165, 1.54) is 35.4 Å². The Kier molecular flexibility index (Phi) is 10.5. The third-order valence-electron chi connectivity index (χ3n) is 6.86. The average molecular weight is 549 g/mol. The number of halogens is 2. The SMILES string of the molecule is O=C(NCCC1=CCCCC1)C(Cc1ccccc1)N(Cc1ccc(F)cc1)C(=O)COc1ccccc1Cl. The lowest BCUT2D eigenvalue weighted by Gasteiger charge is -2.31. The number of carbonyl (C=O) groups is 2. The summed E-state index contributed by atoms with van der Waals surface area (Å²) in [5.41, 5.74) is 3.01. The van der Waals surface area contributed by atoms with Gasteiger partial charge >= 0.3 is 0 Å². The Morgan fingerprint density at radius 1 is 0.949 bits per heavy atom. The summed E-state index contributed by atoms with van der Waals surface area (Å²) in [6.45, 7) is 0.335. The topological polar surface area (TPSA) is 58.6 Å². The summed E-state index contributed by atoms with van der Waals surface area (Å²) < 4.78 is 19.4. The van der Waals surface area contributed by atoms with E-state index in [1.807, 2.05) is 30.3 Å². The number of rotatable bonds is 12. The summed E-state index contributed by atoms with van der Waals surface area (Å²) in [6, 6.07) is 21.7. The van der Waals surface area contributed by atoms with Crippen LogP contribution in [0.5, 0.6) is 5.75 Å². The Balaban J connectivity index is 1.56. The highest BCUT2D eigenvalue weighted by molar-refractivity contribution is 6.32. The van der Waals surface area contributed by atoms with Gasteiger partial charge in [0, 0.05) is 19.5 Å². The number of allylic oxidation sites excluding steroid dienone is 1. The van der Waals surface area contributed by atoms with Crippen LogP contribution in [0.25, 0.3) is 0 Å². The first-order chi connectivity index (χ1) is 19.0. The summed E-state index contributed by atoms with van der Waals surface area (Å²) in [7, 11) is 0. The van der Waals surface area contributed by atoms with Gasteiger partial charge in [0.15, 0.2) is 6.61 Å². The molecule has 0 radical (unpaired) electrons. The molecular weight excluding hydrogens is 515 g/mol. The van der Waals surface area contributed by atoms with Crippen molar-refractivity contribution in [3.8, 4) is 5.75 Å². The molecule has 204 valence electrons. The second kappa shape index (κ2) is 14.5. The molecule has 1 aliphatic carbocycles. The van der Waals surface area contributed by atoms with E-state index in [0.717, 1.165) is 24.8 Å². The maximum absolute atomic E-state index is 13.7. The van der Waals surface area contributed by atoms with Crippen LogP contribution in [0.4, 0.5) is 4.39 Å². The van der Waals surface area contributed by atoms with Crippen LogP contribution < -0.4 is 10.1 Å². The molecule has 1 unspecified atom stereocenters. The van der Waals surface area contributed by atoms with Crippen molar-refractivity contribution in [2.24, 2.45) is 0 Å². The zero-order valence-electron chi connectivity index (χ0n) is 22.0. The van der Waals surface area contributed by atoms with Crippen LogP contribution in [0.15, 0.2) is 90.5 Å². The molecule has 1 N–H and O–H groups in total. The summed E-state index contributed by atoms with van der Waals surface area (Å²) in [5.74, 6) is -0.581. The molecule has 7 heteroatoms. The molecule has 39 heavy (non-hydrogen) atoms. The van der Waals surface area contributed by atoms with E-state index in [2.05, 4.69) is 11.4 Å². The molecule has 0 heterocycles. The number of hydrogen-bond acceptors (Lipinski definition) is 3. The van der Waals surface area contributed by atoms with Crippen LogP contribution in [0.1, 0.15) is 43.2 Å². The monoisotopic (exact) mass is 548 g/mol. The van der Waals surface area contributed by atoms with Crippen LogP contribution in [-0.4, -0.2) is 35.9 Å². The molecule has 0 saturated heterocycles. The van der Waals surface area contributed by atoms with Crippen molar-refractivity contribution < 1.29 is 18.7 Å². The predicted molar refractivity (Wildman–Crippen MR) is 152 cm³/mol. The third-order valence-corrected chi connectivity index (χ3v) is 7.17. The molecule has 0 aromatic heterocycles. The molecule has 1 atom stereocenters. The highest BCUT2D eigenvalue weighted by Crippen LogP contribution is 2.24. The van der Waals surface area contributed by atoms with Crippen molar-refractivity contribution in [2.45, 2.75) is 51.1 Å². The lowest BCUT2D eigenvalue weighted by atomic mass is 9.97. The number of nitrogens with zero attached hydrogens (tertiary/aromatic N) is 1. The lowest BCUT2D eigenvalue weighted by molar-refractivity contribution is -0.142. The molecule has 0 saturated carbocycles. The number of carbonyl (C=O) groups excluding carboxylic acids is 2. The van der Waals surface area contributed by atoms with E-state index in [1.54, 1.807) is 36.4 Å². The molecule has 0 aliphatic heterocycles. The smallest absolute Gasteiger partial charge is 0.261 e. The van der Waals surface area contributed by atoms with Crippen LogP contribution in [0, 0.1) is 5.82 Å². The maximum atomic E-state index is 13.7. The van der Waals surface area contributed by atoms with E-state index < -0.39 is 6.04 Å². The van der Waals surface area contributed by atoms with Gasteiger partial charge in [-0.2, -0.15) is 0 Å². The quantitative estimate of drug-likeness (QED) is 0.263. The minimum absolute atomic E-state index is 0.126. The summed E-state index contributed by atoms with van der Waals surface area (Å²) >= 11 is 6.22.